The molecule has 0 radical (unpaired) electrons. The average molecular weight is 253 g/mol. The van der Waals surface area contributed by atoms with Crippen LogP contribution in [0.2, 0.25) is 5.02 Å². The smallest absolute Gasteiger partial charge is 0.0455 e. The third-order valence-corrected chi connectivity index (χ3v) is 4.04. The molecule has 0 amide bonds. The third-order valence-electron chi connectivity index (χ3n) is 3.63. The first-order valence-corrected chi connectivity index (χ1v) is 6.76. The molecule has 94 valence electrons. The second-order valence-corrected chi connectivity index (χ2v) is 5.31. The Kier molecular flexibility index (Phi) is 3.95. The van der Waals surface area contributed by atoms with Gasteiger partial charge in [-0.3, -0.25) is 0 Å². The van der Waals surface area contributed by atoms with E-state index in [1.165, 1.54) is 11.3 Å². The minimum atomic E-state index is 0.538. The second kappa shape index (κ2) is 5.28. The first kappa shape index (κ1) is 12.7. The number of benzene rings is 1. The van der Waals surface area contributed by atoms with Gasteiger partial charge in [-0.1, -0.05) is 24.6 Å². The van der Waals surface area contributed by atoms with E-state index in [9.17, 15) is 0 Å². The quantitative estimate of drug-likeness (QED) is 0.870. The second-order valence-electron chi connectivity index (χ2n) is 4.91. The Morgan fingerprint density at radius 3 is 2.94 bits per heavy atom. The highest BCUT2D eigenvalue weighted by Gasteiger charge is 2.25. The van der Waals surface area contributed by atoms with E-state index in [-0.39, 0.29) is 0 Å². The van der Waals surface area contributed by atoms with Crippen molar-refractivity contribution in [2.45, 2.75) is 39.3 Å². The van der Waals surface area contributed by atoms with Gasteiger partial charge < -0.3 is 10.2 Å². The Morgan fingerprint density at radius 1 is 1.47 bits per heavy atom. The van der Waals surface area contributed by atoms with E-state index in [1.54, 1.807) is 0 Å². The van der Waals surface area contributed by atoms with Crippen molar-refractivity contribution in [1.82, 2.24) is 5.32 Å². The van der Waals surface area contributed by atoms with Crippen molar-refractivity contribution in [3.05, 3.63) is 28.8 Å². The van der Waals surface area contributed by atoms with Crippen molar-refractivity contribution >= 4 is 17.3 Å². The van der Waals surface area contributed by atoms with Gasteiger partial charge in [0.25, 0.3) is 0 Å². The van der Waals surface area contributed by atoms with E-state index in [0.717, 1.165) is 24.5 Å². The Balaban J connectivity index is 2.32. The molecule has 3 heteroatoms. The molecule has 2 rings (SSSR count). The van der Waals surface area contributed by atoms with E-state index in [1.807, 2.05) is 12.1 Å². The van der Waals surface area contributed by atoms with Gasteiger partial charge in [-0.2, -0.15) is 0 Å². The van der Waals surface area contributed by atoms with Crippen LogP contribution in [-0.4, -0.2) is 25.2 Å². The zero-order valence-electron chi connectivity index (χ0n) is 10.8. The van der Waals surface area contributed by atoms with Crippen LogP contribution in [0.4, 0.5) is 5.69 Å². The van der Waals surface area contributed by atoms with E-state index in [2.05, 4.69) is 37.1 Å². The molecule has 0 aliphatic carbocycles. The molecule has 1 N–H and O–H groups in total. The zero-order chi connectivity index (χ0) is 12.4. The lowest BCUT2D eigenvalue weighted by atomic mass is 10.0. The van der Waals surface area contributed by atoms with Crippen molar-refractivity contribution < 1.29 is 0 Å². The summed E-state index contributed by atoms with van der Waals surface area (Å²) in [6.07, 6.45) is 1.16. The summed E-state index contributed by atoms with van der Waals surface area (Å²) in [5.41, 5.74) is 2.49. The van der Waals surface area contributed by atoms with Crippen LogP contribution in [0.1, 0.15) is 25.8 Å². The van der Waals surface area contributed by atoms with Gasteiger partial charge in [0.1, 0.15) is 0 Å². The lowest BCUT2D eigenvalue weighted by Crippen LogP contribution is -2.55. The van der Waals surface area contributed by atoms with Gasteiger partial charge in [-0.15, -0.1) is 0 Å². The SMILES string of the molecule is CCC1CNC(C)CN1c1cccc(Cl)c1C. The van der Waals surface area contributed by atoms with Gasteiger partial charge in [-0.05, 0) is 38.0 Å². The molecule has 0 bridgehead atoms. The lowest BCUT2D eigenvalue weighted by Gasteiger charge is -2.41. The molecule has 0 spiro atoms. The number of rotatable bonds is 2. The molecule has 1 saturated heterocycles. The molecule has 0 saturated carbocycles. The van der Waals surface area contributed by atoms with E-state index >= 15 is 0 Å². The number of halogens is 1. The van der Waals surface area contributed by atoms with Gasteiger partial charge in [0.15, 0.2) is 0 Å². The number of nitrogens with zero attached hydrogens (tertiary/aromatic N) is 1. The van der Waals surface area contributed by atoms with Gasteiger partial charge in [0.05, 0.1) is 0 Å². The Morgan fingerprint density at radius 2 is 2.24 bits per heavy atom. The molecular formula is C14H21ClN2. The topological polar surface area (TPSA) is 15.3 Å². The van der Waals surface area contributed by atoms with Crippen molar-refractivity contribution in [2.24, 2.45) is 0 Å². The molecule has 2 nitrogen and oxygen atoms in total. The number of hydrogen-bond acceptors (Lipinski definition) is 2. The fourth-order valence-corrected chi connectivity index (χ4v) is 2.69. The fourth-order valence-electron chi connectivity index (χ4n) is 2.52. The van der Waals surface area contributed by atoms with Crippen molar-refractivity contribution in [3.63, 3.8) is 0 Å². The van der Waals surface area contributed by atoms with Crippen LogP contribution in [0.5, 0.6) is 0 Å². The maximum absolute atomic E-state index is 6.22. The predicted octanol–water partition coefficient (Wildman–Crippen LogP) is 3.23. The van der Waals surface area contributed by atoms with Crippen LogP contribution in [-0.2, 0) is 0 Å². The first-order chi connectivity index (χ1) is 8.13. The number of nitrogens with one attached hydrogen (secondary N) is 1. The minimum absolute atomic E-state index is 0.538. The molecule has 17 heavy (non-hydrogen) atoms. The lowest BCUT2D eigenvalue weighted by molar-refractivity contribution is 0.402. The minimum Gasteiger partial charge on any atom is -0.365 e. The molecule has 1 aromatic carbocycles. The summed E-state index contributed by atoms with van der Waals surface area (Å²) in [7, 11) is 0. The Hall–Kier alpha value is -0.730. The van der Waals surface area contributed by atoms with Crippen LogP contribution in [0.3, 0.4) is 0 Å². The van der Waals surface area contributed by atoms with Gasteiger partial charge in [-0.25, -0.2) is 0 Å². The first-order valence-electron chi connectivity index (χ1n) is 6.38. The number of hydrogen-bond donors (Lipinski definition) is 1. The van der Waals surface area contributed by atoms with Gasteiger partial charge in [0.2, 0.25) is 0 Å². The maximum Gasteiger partial charge on any atom is 0.0455 e. The molecular weight excluding hydrogens is 232 g/mol. The van der Waals surface area contributed by atoms with Crippen molar-refractivity contribution in [3.8, 4) is 0 Å². The molecule has 0 aromatic heterocycles. The summed E-state index contributed by atoms with van der Waals surface area (Å²) in [4.78, 5) is 2.50. The van der Waals surface area contributed by atoms with E-state index in [4.69, 9.17) is 11.6 Å². The highest BCUT2D eigenvalue weighted by atomic mass is 35.5. The normalized spacial score (nSPS) is 25.1. The molecule has 1 heterocycles. The monoisotopic (exact) mass is 252 g/mol. The summed E-state index contributed by atoms with van der Waals surface area (Å²) in [5, 5.41) is 4.41. The molecule has 1 fully saturated rings. The summed E-state index contributed by atoms with van der Waals surface area (Å²) in [6.45, 7) is 8.70. The highest BCUT2D eigenvalue weighted by molar-refractivity contribution is 6.31. The van der Waals surface area contributed by atoms with Crippen LogP contribution in [0, 0.1) is 6.92 Å². The summed E-state index contributed by atoms with van der Waals surface area (Å²) in [6, 6.07) is 7.30. The maximum atomic E-state index is 6.22. The number of anilines is 1. The summed E-state index contributed by atoms with van der Waals surface area (Å²) >= 11 is 6.22. The standard InChI is InChI=1S/C14H21ClN2/c1-4-12-8-16-10(2)9-17(12)14-7-5-6-13(15)11(14)3/h5-7,10,12,16H,4,8-9H2,1-3H3. The molecule has 1 aliphatic heterocycles. The molecule has 1 aromatic rings. The fraction of sp³-hybridized carbons (Fsp3) is 0.571. The molecule has 2 atom stereocenters. The molecule has 1 aliphatic rings. The van der Waals surface area contributed by atoms with E-state index < -0.39 is 0 Å². The Bertz CT molecular complexity index is 392. The Labute approximate surface area is 109 Å². The summed E-state index contributed by atoms with van der Waals surface area (Å²) < 4.78 is 0. The summed E-state index contributed by atoms with van der Waals surface area (Å²) in [5.74, 6) is 0. The van der Waals surface area contributed by atoms with E-state index in [0.29, 0.717) is 12.1 Å². The average Bonchev–Trinajstić information content (AvgIpc) is 2.33. The largest absolute Gasteiger partial charge is 0.365 e. The van der Waals surface area contributed by atoms with Crippen LogP contribution < -0.4 is 10.2 Å². The van der Waals surface area contributed by atoms with Gasteiger partial charge in [0, 0.05) is 35.9 Å². The van der Waals surface area contributed by atoms with Crippen LogP contribution in [0.15, 0.2) is 18.2 Å². The third kappa shape index (κ3) is 2.58. The van der Waals surface area contributed by atoms with Crippen LogP contribution >= 0.6 is 11.6 Å². The predicted molar refractivity (Wildman–Crippen MR) is 75.1 cm³/mol. The number of piperazine rings is 1. The highest BCUT2D eigenvalue weighted by Crippen LogP contribution is 2.29. The zero-order valence-corrected chi connectivity index (χ0v) is 11.6. The van der Waals surface area contributed by atoms with Crippen molar-refractivity contribution in [1.29, 1.82) is 0 Å². The van der Waals surface area contributed by atoms with Crippen LogP contribution in [0.25, 0.3) is 0 Å². The molecule has 2 unspecified atom stereocenters. The van der Waals surface area contributed by atoms with Gasteiger partial charge >= 0.3 is 0 Å². The van der Waals surface area contributed by atoms with Crippen molar-refractivity contribution in [2.75, 3.05) is 18.0 Å².